The molecular formula is C12H24N2O. The van der Waals surface area contributed by atoms with Crippen LogP contribution < -0.4 is 5.32 Å². The lowest BCUT2D eigenvalue weighted by molar-refractivity contribution is -0.133. The van der Waals surface area contributed by atoms with E-state index in [9.17, 15) is 4.79 Å². The number of carbonyl (C=O) groups is 1. The highest BCUT2D eigenvalue weighted by molar-refractivity contribution is 5.75. The summed E-state index contributed by atoms with van der Waals surface area (Å²) in [5, 5.41) is 3.52. The number of nitrogens with zero attached hydrogens (tertiary/aromatic N) is 1. The van der Waals surface area contributed by atoms with Gasteiger partial charge in [0.05, 0.1) is 0 Å². The van der Waals surface area contributed by atoms with E-state index in [1.807, 2.05) is 11.8 Å². The van der Waals surface area contributed by atoms with Crippen molar-refractivity contribution in [2.45, 2.75) is 46.1 Å². The zero-order valence-electron chi connectivity index (χ0n) is 10.3. The van der Waals surface area contributed by atoms with Crippen molar-refractivity contribution in [3.05, 3.63) is 0 Å². The Morgan fingerprint density at radius 1 is 1.40 bits per heavy atom. The number of rotatable bonds is 4. The van der Waals surface area contributed by atoms with Gasteiger partial charge >= 0.3 is 0 Å². The molecule has 0 bridgehead atoms. The standard InChI is InChI=1S/C12H24N2O/c1-4-10-9-14(12(15)5-2)8-7-11(10)13-6-3/h10-11,13H,4-9H2,1-3H3. The number of piperidine rings is 1. The molecule has 1 aliphatic heterocycles. The molecule has 3 heteroatoms. The first kappa shape index (κ1) is 12.5. The van der Waals surface area contributed by atoms with Gasteiger partial charge in [-0.2, -0.15) is 0 Å². The van der Waals surface area contributed by atoms with Crippen molar-refractivity contribution in [3.63, 3.8) is 0 Å². The second kappa shape index (κ2) is 6.11. The number of carbonyl (C=O) groups excluding carboxylic acids is 1. The van der Waals surface area contributed by atoms with Crippen LogP contribution in [0.3, 0.4) is 0 Å². The van der Waals surface area contributed by atoms with Crippen molar-refractivity contribution in [1.82, 2.24) is 10.2 Å². The van der Waals surface area contributed by atoms with Crippen LogP contribution in [-0.4, -0.2) is 36.5 Å². The molecule has 0 radical (unpaired) electrons. The van der Waals surface area contributed by atoms with Crippen LogP contribution >= 0.6 is 0 Å². The van der Waals surface area contributed by atoms with Gasteiger partial charge in [-0.3, -0.25) is 4.79 Å². The van der Waals surface area contributed by atoms with Gasteiger partial charge < -0.3 is 10.2 Å². The zero-order valence-corrected chi connectivity index (χ0v) is 10.3. The first-order chi connectivity index (χ1) is 7.22. The fourth-order valence-corrected chi connectivity index (χ4v) is 2.43. The smallest absolute Gasteiger partial charge is 0.222 e. The third kappa shape index (κ3) is 3.20. The highest BCUT2D eigenvalue weighted by atomic mass is 16.2. The molecule has 2 unspecified atom stereocenters. The first-order valence-corrected chi connectivity index (χ1v) is 6.24. The summed E-state index contributed by atoms with van der Waals surface area (Å²) < 4.78 is 0. The molecule has 1 saturated heterocycles. The number of hydrogen-bond acceptors (Lipinski definition) is 2. The van der Waals surface area contributed by atoms with E-state index in [4.69, 9.17) is 0 Å². The van der Waals surface area contributed by atoms with Crippen molar-refractivity contribution in [2.24, 2.45) is 5.92 Å². The highest BCUT2D eigenvalue weighted by Gasteiger charge is 2.28. The predicted octanol–water partition coefficient (Wildman–Crippen LogP) is 1.63. The summed E-state index contributed by atoms with van der Waals surface area (Å²) in [7, 11) is 0. The number of hydrogen-bond donors (Lipinski definition) is 1. The van der Waals surface area contributed by atoms with E-state index in [1.54, 1.807) is 0 Å². The fourth-order valence-electron chi connectivity index (χ4n) is 2.43. The van der Waals surface area contributed by atoms with Gasteiger partial charge in [-0.25, -0.2) is 0 Å². The maximum Gasteiger partial charge on any atom is 0.222 e. The van der Waals surface area contributed by atoms with Gasteiger partial charge in [0.2, 0.25) is 5.91 Å². The minimum Gasteiger partial charge on any atom is -0.342 e. The summed E-state index contributed by atoms with van der Waals surface area (Å²) in [5.41, 5.74) is 0. The lowest BCUT2D eigenvalue weighted by atomic mass is 9.89. The van der Waals surface area contributed by atoms with E-state index in [2.05, 4.69) is 19.2 Å². The van der Waals surface area contributed by atoms with Crippen LogP contribution in [0.1, 0.15) is 40.0 Å². The van der Waals surface area contributed by atoms with Crippen LogP contribution in [-0.2, 0) is 4.79 Å². The zero-order chi connectivity index (χ0) is 11.3. The van der Waals surface area contributed by atoms with Gasteiger partial charge in [0.25, 0.3) is 0 Å². The Labute approximate surface area is 93.2 Å². The van der Waals surface area contributed by atoms with E-state index in [0.717, 1.165) is 32.5 Å². The average molecular weight is 212 g/mol. The van der Waals surface area contributed by atoms with E-state index in [0.29, 0.717) is 24.3 Å². The number of likely N-dealkylation sites (tertiary alicyclic amines) is 1. The number of amides is 1. The van der Waals surface area contributed by atoms with E-state index >= 15 is 0 Å². The topological polar surface area (TPSA) is 32.3 Å². The molecule has 0 spiro atoms. The second-order valence-electron chi connectivity index (χ2n) is 4.31. The molecular weight excluding hydrogens is 188 g/mol. The SMILES string of the molecule is CCNC1CCN(C(=O)CC)CC1CC. The van der Waals surface area contributed by atoms with Crippen molar-refractivity contribution >= 4 is 5.91 Å². The third-order valence-electron chi connectivity index (χ3n) is 3.38. The van der Waals surface area contributed by atoms with Gasteiger partial charge in [0.15, 0.2) is 0 Å². The largest absolute Gasteiger partial charge is 0.342 e. The van der Waals surface area contributed by atoms with Gasteiger partial charge in [0.1, 0.15) is 0 Å². The van der Waals surface area contributed by atoms with E-state index in [-0.39, 0.29) is 0 Å². The fraction of sp³-hybridized carbons (Fsp3) is 0.917. The summed E-state index contributed by atoms with van der Waals surface area (Å²) in [6.07, 6.45) is 2.91. The van der Waals surface area contributed by atoms with Gasteiger partial charge in [-0.15, -0.1) is 0 Å². The molecule has 1 heterocycles. The van der Waals surface area contributed by atoms with Crippen LogP contribution in [0.4, 0.5) is 0 Å². The summed E-state index contributed by atoms with van der Waals surface area (Å²) in [5.74, 6) is 0.942. The summed E-state index contributed by atoms with van der Waals surface area (Å²) in [6, 6.07) is 0.612. The molecule has 1 N–H and O–H groups in total. The molecule has 1 amide bonds. The molecule has 0 aliphatic carbocycles. The maximum absolute atomic E-state index is 11.6. The summed E-state index contributed by atoms with van der Waals surface area (Å²) in [6.45, 7) is 9.22. The molecule has 0 aromatic carbocycles. The Morgan fingerprint density at radius 2 is 2.13 bits per heavy atom. The molecule has 88 valence electrons. The highest BCUT2D eigenvalue weighted by Crippen LogP contribution is 2.20. The van der Waals surface area contributed by atoms with Crippen molar-refractivity contribution in [2.75, 3.05) is 19.6 Å². The molecule has 1 aliphatic rings. The van der Waals surface area contributed by atoms with Gasteiger partial charge in [-0.1, -0.05) is 27.2 Å². The van der Waals surface area contributed by atoms with Crippen LogP contribution in [0.25, 0.3) is 0 Å². The summed E-state index contributed by atoms with van der Waals surface area (Å²) in [4.78, 5) is 13.6. The van der Waals surface area contributed by atoms with Crippen LogP contribution in [0, 0.1) is 5.92 Å². The molecule has 1 rings (SSSR count). The van der Waals surface area contributed by atoms with E-state index in [1.165, 1.54) is 0 Å². The molecule has 0 aromatic heterocycles. The minimum absolute atomic E-state index is 0.309. The van der Waals surface area contributed by atoms with Gasteiger partial charge in [0, 0.05) is 25.6 Å². The Kier molecular flexibility index (Phi) is 5.09. The monoisotopic (exact) mass is 212 g/mol. The third-order valence-corrected chi connectivity index (χ3v) is 3.38. The van der Waals surface area contributed by atoms with Crippen LogP contribution in [0.5, 0.6) is 0 Å². The second-order valence-corrected chi connectivity index (χ2v) is 4.31. The normalized spacial score (nSPS) is 26.7. The molecule has 2 atom stereocenters. The van der Waals surface area contributed by atoms with E-state index < -0.39 is 0 Å². The molecule has 0 aromatic rings. The minimum atomic E-state index is 0.309. The Balaban J connectivity index is 2.50. The first-order valence-electron chi connectivity index (χ1n) is 6.24. The van der Waals surface area contributed by atoms with Crippen LogP contribution in [0.2, 0.25) is 0 Å². The lowest BCUT2D eigenvalue weighted by Gasteiger charge is -2.38. The summed E-state index contributed by atoms with van der Waals surface area (Å²) >= 11 is 0. The van der Waals surface area contributed by atoms with Crippen molar-refractivity contribution in [1.29, 1.82) is 0 Å². The van der Waals surface area contributed by atoms with Crippen molar-refractivity contribution < 1.29 is 4.79 Å². The molecule has 15 heavy (non-hydrogen) atoms. The van der Waals surface area contributed by atoms with Gasteiger partial charge in [-0.05, 0) is 18.9 Å². The van der Waals surface area contributed by atoms with Crippen LogP contribution in [0.15, 0.2) is 0 Å². The average Bonchev–Trinajstić information content (AvgIpc) is 2.29. The molecule has 1 fully saturated rings. The maximum atomic E-state index is 11.6. The molecule has 3 nitrogen and oxygen atoms in total. The predicted molar refractivity (Wildman–Crippen MR) is 62.7 cm³/mol. The van der Waals surface area contributed by atoms with Crippen molar-refractivity contribution in [3.8, 4) is 0 Å². The lowest BCUT2D eigenvalue weighted by Crippen LogP contribution is -2.50. The molecule has 0 saturated carbocycles. The Hall–Kier alpha value is -0.570. The Bertz CT molecular complexity index is 206. The number of nitrogens with one attached hydrogen (secondary N) is 1. The quantitative estimate of drug-likeness (QED) is 0.768. The Morgan fingerprint density at radius 3 is 2.67 bits per heavy atom.